The molecule has 60 heavy (non-hydrogen) atoms. The summed E-state index contributed by atoms with van der Waals surface area (Å²) in [7, 11) is -14.6. The van der Waals surface area contributed by atoms with Gasteiger partial charge in [0.25, 0.3) is 17.7 Å². The van der Waals surface area contributed by atoms with E-state index in [1.165, 1.54) is 36.4 Å². The van der Waals surface area contributed by atoms with Crippen LogP contribution in [0.5, 0.6) is 0 Å². The Morgan fingerprint density at radius 1 is 0.367 bits per heavy atom. The second-order valence-electron chi connectivity index (χ2n) is 12.6. The molecule has 0 fully saturated rings. The second kappa shape index (κ2) is 19.2. The van der Waals surface area contributed by atoms with Crippen molar-refractivity contribution in [1.29, 1.82) is 0 Å². The molecule has 3 amide bonds. The number of fused-ring (bicyclic) bond motifs is 3. The summed E-state index contributed by atoms with van der Waals surface area (Å²) in [6.45, 7) is 0. The van der Waals surface area contributed by atoms with Crippen LogP contribution in [0.1, 0.15) is 31.1 Å². The van der Waals surface area contributed by atoms with E-state index in [1.807, 2.05) is 0 Å². The number of anilines is 3. The van der Waals surface area contributed by atoms with Crippen LogP contribution < -0.4 is 105 Å². The molecule has 0 heterocycles. The van der Waals surface area contributed by atoms with Crippen molar-refractivity contribution >= 4 is 97.5 Å². The van der Waals surface area contributed by atoms with Gasteiger partial charge >= 0.3 is 88.7 Å². The molecule has 0 spiro atoms. The summed E-state index contributed by atoms with van der Waals surface area (Å²) < 4.78 is 106. The Bertz CT molecular complexity index is 2870. The van der Waals surface area contributed by atoms with Gasteiger partial charge in [0.2, 0.25) is 0 Å². The van der Waals surface area contributed by atoms with Gasteiger partial charge in [-0.1, -0.05) is 54.6 Å². The van der Waals surface area contributed by atoms with Gasteiger partial charge in [0.15, 0.2) is 0 Å². The Morgan fingerprint density at radius 2 is 0.617 bits per heavy atom. The van der Waals surface area contributed by atoms with Gasteiger partial charge in [-0.2, -0.15) is 0 Å². The Hall–Kier alpha value is -3.54. The van der Waals surface area contributed by atoms with Crippen LogP contribution in [-0.4, -0.2) is 56.6 Å². The Morgan fingerprint density at radius 3 is 0.850 bits per heavy atom. The first-order chi connectivity index (χ1) is 26.8. The molecular formula is C39H24N3Na3O12S3. The number of amides is 3. The van der Waals surface area contributed by atoms with Crippen LogP contribution in [0.15, 0.2) is 142 Å². The van der Waals surface area contributed by atoms with Crippen LogP contribution in [-0.2, 0) is 30.4 Å². The van der Waals surface area contributed by atoms with Gasteiger partial charge in [-0.3, -0.25) is 14.4 Å². The zero-order valence-corrected chi connectivity index (χ0v) is 40.2. The van der Waals surface area contributed by atoms with E-state index in [0.29, 0.717) is 16.2 Å². The van der Waals surface area contributed by atoms with Gasteiger partial charge in [-0.25, -0.2) is 25.3 Å². The van der Waals surface area contributed by atoms with E-state index in [4.69, 9.17) is 0 Å². The van der Waals surface area contributed by atoms with E-state index < -0.39 is 62.8 Å². The van der Waals surface area contributed by atoms with Gasteiger partial charge in [0.1, 0.15) is 30.4 Å². The van der Waals surface area contributed by atoms with Crippen molar-refractivity contribution in [3.05, 3.63) is 144 Å². The minimum Gasteiger partial charge on any atom is -0.744 e. The third-order valence-corrected chi connectivity index (χ3v) is 11.4. The van der Waals surface area contributed by atoms with Crippen molar-refractivity contribution in [2.24, 2.45) is 0 Å². The fraction of sp³-hybridized carbons (Fsp3) is 0. The Labute approximate surface area is 409 Å². The predicted molar refractivity (Wildman–Crippen MR) is 206 cm³/mol. The van der Waals surface area contributed by atoms with E-state index in [2.05, 4.69) is 16.0 Å². The largest absolute Gasteiger partial charge is 1.00 e. The maximum absolute atomic E-state index is 13.9. The standard InChI is InChI=1S/C39H27N3O12S3.3Na/c43-37(40-34-7-1-4-22-10-13-28(19-31(22)34)55(46,47)48)25-16-26(38(44)41-35-8-2-5-23-11-14-29(20-32(23)35)56(49,50)51)18-27(17-25)39(45)42-36-9-3-6-24-12-15-30(21-33(24)36)57(52,53)54;;;/h1-21H,(H,40,43)(H,41,44)(H,42,45)(H,46,47,48)(H,49,50,51)(H,52,53,54);;;/q;3*+1/p-3. The molecule has 7 aromatic carbocycles. The zero-order chi connectivity index (χ0) is 40.9. The van der Waals surface area contributed by atoms with Crippen molar-refractivity contribution in [1.82, 2.24) is 0 Å². The van der Waals surface area contributed by atoms with E-state index in [0.717, 1.165) is 54.6 Å². The molecule has 21 heteroatoms. The smallest absolute Gasteiger partial charge is 0.744 e. The SMILES string of the molecule is O=C(Nc1cccc2ccc(S(=O)(=O)[O-])cc12)c1cc(C(=O)Nc2cccc3ccc(S(=O)(=O)[O-])cc23)cc(C(=O)Nc2cccc3ccc(S(=O)(=O)[O-])cc23)c1.[Na+].[Na+].[Na+]. The fourth-order valence-electron chi connectivity index (χ4n) is 6.15. The predicted octanol–water partition coefficient (Wildman–Crippen LogP) is -3.37. The van der Waals surface area contributed by atoms with Crippen LogP contribution in [0.25, 0.3) is 32.3 Å². The summed E-state index contributed by atoms with van der Waals surface area (Å²) in [5, 5.41) is 9.89. The molecule has 0 saturated carbocycles. The minimum atomic E-state index is -4.86. The van der Waals surface area contributed by atoms with Crippen LogP contribution in [0, 0.1) is 0 Å². The topological polar surface area (TPSA) is 259 Å². The molecule has 0 aromatic heterocycles. The van der Waals surface area contributed by atoms with Crippen LogP contribution >= 0.6 is 0 Å². The van der Waals surface area contributed by atoms with Crippen LogP contribution in [0.3, 0.4) is 0 Å². The first-order valence-electron chi connectivity index (χ1n) is 16.4. The fourth-order valence-corrected chi connectivity index (χ4v) is 7.64. The number of hydrogen-bond acceptors (Lipinski definition) is 12. The van der Waals surface area contributed by atoms with Crippen LogP contribution in [0.4, 0.5) is 17.1 Å². The number of carbonyl (C=O) groups excluding carboxylic acids is 3. The average Bonchev–Trinajstić information content (AvgIpc) is 3.16. The quantitative estimate of drug-likeness (QED) is 0.0949. The molecule has 0 aliphatic rings. The maximum Gasteiger partial charge on any atom is 1.00 e. The van der Waals surface area contributed by atoms with Gasteiger partial charge in [0, 0.05) is 49.9 Å². The molecule has 0 radical (unpaired) electrons. The molecule has 3 N–H and O–H groups in total. The van der Waals surface area contributed by atoms with Crippen molar-refractivity contribution in [2.75, 3.05) is 16.0 Å². The third-order valence-electron chi connectivity index (χ3n) is 8.89. The molecule has 7 aromatic rings. The molecule has 0 saturated heterocycles. The molecule has 288 valence electrons. The van der Waals surface area contributed by atoms with Crippen molar-refractivity contribution in [3.8, 4) is 0 Å². The Balaban J connectivity index is 0.00000265. The van der Waals surface area contributed by atoms with Gasteiger partial charge in [-0.15, -0.1) is 0 Å². The number of hydrogen-bond donors (Lipinski definition) is 3. The minimum absolute atomic E-state index is 0. The molecule has 0 bridgehead atoms. The van der Waals surface area contributed by atoms with Gasteiger partial charge in [0.05, 0.1) is 14.7 Å². The zero-order valence-electron chi connectivity index (χ0n) is 31.7. The van der Waals surface area contributed by atoms with E-state index in [9.17, 15) is 53.3 Å². The molecule has 7 rings (SSSR count). The van der Waals surface area contributed by atoms with Gasteiger partial charge < -0.3 is 29.6 Å². The van der Waals surface area contributed by atoms with E-state index in [1.54, 1.807) is 36.4 Å². The maximum atomic E-state index is 13.9. The number of carbonyl (C=O) groups is 3. The molecule has 0 aliphatic carbocycles. The number of rotatable bonds is 9. The molecule has 0 atom stereocenters. The average molecular weight is 892 g/mol. The summed E-state index contributed by atoms with van der Waals surface area (Å²) in [4.78, 5) is 40.0. The molecular weight excluding hydrogens is 868 g/mol. The van der Waals surface area contributed by atoms with E-state index >= 15 is 0 Å². The summed E-state index contributed by atoms with van der Waals surface area (Å²) in [6, 6.07) is 28.1. The monoisotopic (exact) mass is 891 g/mol. The first kappa shape index (κ1) is 49.1. The third kappa shape index (κ3) is 10.9. The molecule has 0 unspecified atom stereocenters. The van der Waals surface area contributed by atoms with Crippen molar-refractivity contribution < 1.29 is 142 Å². The van der Waals surface area contributed by atoms with Crippen LogP contribution in [0.2, 0.25) is 0 Å². The number of benzene rings is 7. The summed E-state index contributed by atoms with van der Waals surface area (Å²) >= 11 is 0. The molecule has 0 aliphatic heterocycles. The molecule has 15 nitrogen and oxygen atoms in total. The van der Waals surface area contributed by atoms with E-state index in [-0.39, 0.29) is 139 Å². The normalized spacial score (nSPS) is 11.4. The summed E-state index contributed by atoms with van der Waals surface area (Å²) in [5.74, 6) is -2.60. The van der Waals surface area contributed by atoms with Crippen molar-refractivity contribution in [3.63, 3.8) is 0 Å². The van der Waals surface area contributed by atoms with Crippen molar-refractivity contribution in [2.45, 2.75) is 14.7 Å². The Kier molecular flexibility index (Phi) is 15.8. The van der Waals surface area contributed by atoms with Gasteiger partial charge in [-0.05, 0) is 89.0 Å². The first-order valence-corrected chi connectivity index (χ1v) is 20.6. The summed E-state index contributed by atoms with van der Waals surface area (Å²) in [5.41, 5.74) is -0.469. The second-order valence-corrected chi connectivity index (χ2v) is 16.7. The summed E-state index contributed by atoms with van der Waals surface area (Å²) in [6.07, 6.45) is 0. The number of nitrogens with one attached hydrogen (secondary N) is 3.